The van der Waals surface area contributed by atoms with Gasteiger partial charge in [0, 0.05) is 23.6 Å². The lowest BCUT2D eigenvalue weighted by molar-refractivity contribution is 0.277. The molecular weight excluding hydrogens is 262 g/mol. The molecule has 118 valence electrons. The van der Waals surface area contributed by atoms with Crippen LogP contribution in [0.3, 0.4) is 0 Å². The zero-order chi connectivity index (χ0) is 15.6. The molecule has 1 aliphatic rings. The molecule has 0 aliphatic carbocycles. The lowest BCUT2D eigenvalue weighted by atomic mass is 9.95. The Balaban J connectivity index is 2.14. The normalized spacial score (nSPS) is 20.0. The van der Waals surface area contributed by atoms with Crippen LogP contribution in [-0.2, 0) is 5.41 Å². The van der Waals surface area contributed by atoms with Gasteiger partial charge in [0.25, 0.3) is 0 Å². The van der Waals surface area contributed by atoms with Gasteiger partial charge in [-0.05, 0) is 32.9 Å². The van der Waals surface area contributed by atoms with Gasteiger partial charge in [-0.2, -0.15) is 0 Å². The molecule has 2 heterocycles. The number of hydrogen-bond donors (Lipinski definition) is 2. The summed E-state index contributed by atoms with van der Waals surface area (Å²) >= 11 is 0. The molecular formula is C16H29N5. The van der Waals surface area contributed by atoms with Crippen LogP contribution in [0.5, 0.6) is 0 Å². The zero-order valence-corrected chi connectivity index (χ0v) is 14.0. The second-order valence-corrected chi connectivity index (χ2v) is 6.96. The molecule has 1 fully saturated rings. The Morgan fingerprint density at radius 1 is 1.33 bits per heavy atom. The summed E-state index contributed by atoms with van der Waals surface area (Å²) in [5.74, 6) is 2.26. The Morgan fingerprint density at radius 2 is 2.05 bits per heavy atom. The maximum absolute atomic E-state index is 6.05. The third-order valence-electron chi connectivity index (χ3n) is 4.26. The van der Waals surface area contributed by atoms with Gasteiger partial charge in [-0.25, -0.2) is 9.97 Å². The van der Waals surface area contributed by atoms with Gasteiger partial charge in [0.05, 0.1) is 0 Å². The van der Waals surface area contributed by atoms with Crippen LogP contribution in [-0.4, -0.2) is 40.5 Å². The topological polar surface area (TPSA) is 67.1 Å². The lowest BCUT2D eigenvalue weighted by Crippen LogP contribution is -2.35. The van der Waals surface area contributed by atoms with Crippen LogP contribution in [0.25, 0.3) is 0 Å². The van der Waals surface area contributed by atoms with Crippen LogP contribution in [0.2, 0.25) is 0 Å². The highest BCUT2D eigenvalue weighted by atomic mass is 15.2. The van der Waals surface area contributed by atoms with Crippen molar-refractivity contribution in [2.75, 3.05) is 30.7 Å². The van der Waals surface area contributed by atoms with Crippen molar-refractivity contribution in [3.63, 3.8) is 0 Å². The average molecular weight is 291 g/mol. The van der Waals surface area contributed by atoms with E-state index in [0.29, 0.717) is 11.9 Å². The van der Waals surface area contributed by atoms with Crippen molar-refractivity contribution in [2.45, 2.75) is 58.9 Å². The fraction of sp³-hybridized carbons (Fsp3) is 0.750. The maximum atomic E-state index is 6.05. The average Bonchev–Trinajstić information content (AvgIpc) is 2.86. The Morgan fingerprint density at radius 3 is 2.67 bits per heavy atom. The first-order chi connectivity index (χ1) is 9.82. The zero-order valence-electron chi connectivity index (χ0n) is 14.0. The van der Waals surface area contributed by atoms with E-state index >= 15 is 0 Å². The van der Waals surface area contributed by atoms with Gasteiger partial charge in [0.1, 0.15) is 17.5 Å². The summed E-state index contributed by atoms with van der Waals surface area (Å²) in [6.07, 6.45) is 2.55. The first kappa shape index (κ1) is 16.0. The number of rotatable bonds is 4. The molecule has 1 unspecified atom stereocenters. The molecule has 2 rings (SSSR count). The van der Waals surface area contributed by atoms with Crippen LogP contribution in [0, 0.1) is 6.92 Å². The molecule has 1 aromatic heterocycles. The van der Waals surface area contributed by atoms with Crippen LogP contribution < -0.4 is 11.1 Å². The molecule has 0 aromatic carbocycles. The van der Waals surface area contributed by atoms with Crippen molar-refractivity contribution in [1.29, 1.82) is 0 Å². The number of nitrogens with one attached hydrogen (secondary N) is 1. The Kier molecular flexibility index (Phi) is 4.71. The monoisotopic (exact) mass is 291 g/mol. The van der Waals surface area contributed by atoms with E-state index in [4.69, 9.17) is 10.7 Å². The van der Waals surface area contributed by atoms with E-state index in [1.54, 1.807) is 0 Å². The Hall–Kier alpha value is -1.36. The second-order valence-electron chi connectivity index (χ2n) is 6.96. The molecule has 1 saturated heterocycles. The molecule has 0 amide bonds. The van der Waals surface area contributed by atoms with Gasteiger partial charge in [-0.1, -0.05) is 27.7 Å². The van der Waals surface area contributed by atoms with Crippen molar-refractivity contribution >= 4 is 11.6 Å². The summed E-state index contributed by atoms with van der Waals surface area (Å²) in [6, 6.07) is 0.601. The van der Waals surface area contributed by atoms with Gasteiger partial charge in [0.15, 0.2) is 0 Å². The smallest absolute Gasteiger partial charge is 0.138 e. The number of nitrogens with zero attached hydrogens (tertiary/aromatic N) is 3. The van der Waals surface area contributed by atoms with Gasteiger partial charge in [0.2, 0.25) is 0 Å². The SMILES string of the molecule is CCN1CCCC1CNc1nc(C(C)(C)C)nc(N)c1C. The molecule has 0 radical (unpaired) electrons. The fourth-order valence-corrected chi connectivity index (χ4v) is 2.80. The molecule has 1 aliphatic heterocycles. The van der Waals surface area contributed by atoms with E-state index in [-0.39, 0.29) is 5.41 Å². The highest BCUT2D eigenvalue weighted by Gasteiger charge is 2.24. The summed E-state index contributed by atoms with van der Waals surface area (Å²) < 4.78 is 0. The standard InChI is InChI=1S/C16H29N5/c1-6-21-9-7-8-12(21)10-18-14-11(2)13(17)19-15(20-14)16(3,4)5/h12H,6-10H2,1-5H3,(H3,17,18,19,20). The quantitative estimate of drug-likeness (QED) is 0.892. The van der Waals surface area contributed by atoms with Gasteiger partial charge in [-0.15, -0.1) is 0 Å². The van der Waals surface area contributed by atoms with Crippen molar-refractivity contribution < 1.29 is 0 Å². The summed E-state index contributed by atoms with van der Waals surface area (Å²) in [7, 11) is 0. The molecule has 21 heavy (non-hydrogen) atoms. The van der Waals surface area contributed by atoms with Crippen molar-refractivity contribution in [1.82, 2.24) is 14.9 Å². The third-order valence-corrected chi connectivity index (χ3v) is 4.26. The second kappa shape index (κ2) is 6.18. The van der Waals surface area contributed by atoms with Gasteiger partial charge in [-0.3, -0.25) is 4.90 Å². The Labute approximate surface area is 128 Å². The van der Waals surface area contributed by atoms with E-state index in [0.717, 1.165) is 30.3 Å². The largest absolute Gasteiger partial charge is 0.383 e. The molecule has 3 N–H and O–H groups in total. The summed E-state index contributed by atoms with van der Waals surface area (Å²) in [6.45, 7) is 13.8. The first-order valence-corrected chi connectivity index (χ1v) is 7.95. The molecule has 1 atom stereocenters. The summed E-state index contributed by atoms with van der Waals surface area (Å²) in [5, 5.41) is 3.50. The molecule has 0 spiro atoms. The van der Waals surface area contributed by atoms with Gasteiger partial charge >= 0.3 is 0 Å². The molecule has 1 aromatic rings. The lowest BCUT2D eigenvalue weighted by Gasteiger charge is -2.24. The minimum absolute atomic E-state index is 0.0962. The predicted octanol–water partition coefficient (Wildman–Crippen LogP) is 2.56. The minimum atomic E-state index is -0.0962. The number of nitrogens with two attached hydrogens (primary N) is 1. The summed E-state index contributed by atoms with van der Waals surface area (Å²) in [4.78, 5) is 11.7. The van der Waals surface area contributed by atoms with Crippen molar-refractivity contribution in [2.24, 2.45) is 0 Å². The molecule has 0 bridgehead atoms. The van der Waals surface area contributed by atoms with E-state index in [1.807, 2.05) is 6.92 Å². The van der Waals surface area contributed by atoms with Gasteiger partial charge < -0.3 is 11.1 Å². The number of aromatic nitrogens is 2. The number of anilines is 2. The van der Waals surface area contributed by atoms with Crippen molar-refractivity contribution in [3.05, 3.63) is 11.4 Å². The highest BCUT2D eigenvalue weighted by molar-refractivity contribution is 5.55. The molecule has 5 nitrogen and oxygen atoms in total. The summed E-state index contributed by atoms with van der Waals surface area (Å²) in [5.41, 5.74) is 6.91. The highest BCUT2D eigenvalue weighted by Crippen LogP contribution is 2.25. The van der Waals surface area contributed by atoms with Crippen molar-refractivity contribution in [3.8, 4) is 0 Å². The number of hydrogen-bond acceptors (Lipinski definition) is 5. The fourth-order valence-electron chi connectivity index (χ4n) is 2.80. The number of nitrogen functional groups attached to an aromatic ring is 1. The maximum Gasteiger partial charge on any atom is 0.138 e. The number of likely N-dealkylation sites (N-methyl/N-ethyl adjacent to an activating group) is 1. The van der Waals surface area contributed by atoms with Crippen LogP contribution in [0.1, 0.15) is 51.9 Å². The molecule has 0 saturated carbocycles. The van der Waals surface area contributed by atoms with E-state index in [2.05, 4.69) is 42.9 Å². The predicted molar refractivity (Wildman–Crippen MR) is 88.6 cm³/mol. The van der Waals surface area contributed by atoms with E-state index in [1.165, 1.54) is 19.4 Å². The molecule has 5 heteroatoms. The van der Waals surface area contributed by atoms with E-state index in [9.17, 15) is 0 Å². The number of likely N-dealkylation sites (tertiary alicyclic amines) is 1. The minimum Gasteiger partial charge on any atom is -0.383 e. The van der Waals surface area contributed by atoms with Crippen LogP contribution in [0.15, 0.2) is 0 Å². The van der Waals surface area contributed by atoms with Crippen LogP contribution in [0.4, 0.5) is 11.6 Å². The van der Waals surface area contributed by atoms with Crippen LogP contribution >= 0.6 is 0 Å². The van der Waals surface area contributed by atoms with E-state index < -0.39 is 0 Å². The Bertz CT molecular complexity index is 492. The first-order valence-electron chi connectivity index (χ1n) is 7.95. The third kappa shape index (κ3) is 3.64.